The predicted octanol–water partition coefficient (Wildman–Crippen LogP) is 2.75. The maximum Gasteiger partial charge on any atom is 0.305 e. The van der Waals surface area contributed by atoms with Crippen molar-refractivity contribution < 1.29 is 23.7 Å². The lowest BCUT2D eigenvalue weighted by atomic mass is 10.1. The van der Waals surface area contributed by atoms with Crippen molar-refractivity contribution in [3.63, 3.8) is 0 Å². The first-order valence-electron chi connectivity index (χ1n) is 9.79. The van der Waals surface area contributed by atoms with Crippen molar-refractivity contribution in [2.24, 2.45) is 0 Å². The minimum absolute atomic E-state index is 0.138. The van der Waals surface area contributed by atoms with Crippen LogP contribution in [0.3, 0.4) is 0 Å². The first kappa shape index (κ1) is 23.1. The van der Waals surface area contributed by atoms with E-state index in [1.54, 1.807) is 20.4 Å². The monoisotopic (exact) mass is 418 g/mol. The topological polar surface area (TPSA) is 132 Å². The fourth-order valence-electron chi connectivity index (χ4n) is 2.99. The summed E-state index contributed by atoms with van der Waals surface area (Å²) in [5.41, 5.74) is 13.2. The number of hydrogen-bond donors (Lipinski definition) is 2. The molecule has 0 spiro atoms. The molecule has 2 aromatic rings. The quantitative estimate of drug-likeness (QED) is 0.394. The van der Waals surface area contributed by atoms with Crippen molar-refractivity contribution >= 4 is 17.7 Å². The van der Waals surface area contributed by atoms with E-state index in [0.29, 0.717) is 42.5 Å². The second-order valence-corrected chi connectivity index (χ2v) is 6.73. The number of esters is 1. The molecule has 30 heavy (non-hydrogen) atoms. The Balaban J connectivity index is 2.01. The molecule has 1 heterocycles. The summed E-state index contributed by atoms with van der Waals surface area (Å²) in [4.78, 5) is 19.1. The molecule has 0 radical (unpaired) electrons. The van der Waals surface area contributed by atoms with Crippen LogP contribution >= 0.6 is 0 Å². The molecule has 0 amide bonds. The molecule has 2 rings (SSSR count). The summed E-state index contributed by atoms with van der Waals surface area (Å²) in [5.74, 6) is 2.00. The summed E-state index contributed by atoms with van der Waals surface area (Å²) in [6, 6.07) is 3.77. The summed E-state index contributed by atoms with van der Waals surface area (Å²) in [6.07, 6.45) is 6.12. The van der Waals surface area contributed by atoms with E-state index in [0.717, 1.165) is 36.8 Å². The minimum Gasteiger partial charge on any atom is -0.493 e. The van der Waals surface area contributed by atoms with Crippen molar-refractivity contribution in [2.45, 2.75) is 38.5 Å². The summed E-state index contributed by atoms with van der Waals surface area (Å²) >= 11 is 0. The molecule has 0 aliphatic carbocycles. The van der Waals surface area contributed by atoms with E-state index in [-0.39, 0.29) is 11.9 Å². The molecular weight excluding hydrogens is 388 g/mol. The normalized spacial score (nSPS) is 10.5. The summed E-state index contributed by atoms with van der Waals surface area (Å²) in [6.45, 7) is 0.522. The Kier molecular flexibility index (Phi) is 8.99. The Morgan fingerprint density at radius 3 is 2.40 bits per heavy atom. The zero-order chi connectivity index (χ0) is 21.9. The third kappa shape index (κ3) is 6.68. The molecule has 0 fully saturated rings. The number of benzene rings is 1. The molecule has 0 aliphatic heterocycles. The van der Waals surface area contributed by atoms with Gasteiger partial charge < -0.3 is 30.4 Å². The third-order valence-corrected chi connectivity index (χ3v) is 4.58. The number of ether oxygens (including phenoxy) is 4. The molecule has 0 atom stereocenters. The molecule has 0 saturated heterocycles. The number of carbonyl (C=O) groups excluding carboxylic acids is 1. The number of hydrogen-bond acceptors (Lipinski definition) is 9. The fraction of sp³-hybridized carbons (Fsp3) is 0.476. The highest BCUT2D eigenvalue weighted by Crippen LogP contribution is 2.39. The average molecular weight is 418 g/mol. The Hall–Kier alpha value is -3.23. The standard InChI is InChI=1S/C21H30N4O5/c1-27-16-11-14(10-15-13-24-21(23)25-20(15)22)12-17(19(16)29-3)30-9-7-5-4-6-8-18(26)28-2/h11-13H,4-10H2,1-3H3,(H4,22,23,24,25). The van der Waals surface area contributed by atoms with Crippen LogP contribution in [0.2, 0.25) is 0 Å². The molecule has 164 valence electrons. The van der Waals surface area contributed by atoms with Gasteiger partial charge in [-0.25, -0.2) is 4.98 Å². The lowest BCUT2D eigenvalue weighted by Crippen LogP contribution is -2.05. The first-order valence-corrected chi connectivity index (χ1v) is 9.79. The van der Waals surface area contributed by atoms with Gasteiger partial charge in [0, 0.05) is 24.6 Å². The van der Waals surface area contributed by atoms with Crippen LogP contribution in [0, 0.1) is 0 Å². The van der Waals surface area contributed by atoms with Crippen LogP contribution in [0.4, 0.5) is 11.8 Å². The van der Waals surface area contributed by atoms with E-state index in [4.69, 9.17) is 25.7 Å². The number of unbranched alkanes of at least 4 members (excludes halogenated alkanes) is 3. The first-order chi connectivity index (χ1) is 14.5. The maximum absolute atomic E-state index is 11.1. The lowest BCUT2D eigenvalue weighted by molar-refractivity contribution is -0.140. The van der Waals surface area contributed by atoms with E-state index in [1.807, 2.05) is 12.1 Å². The van der Waals surface area contributed by atoms with Gasteiger partial charge in [0.05, 0.1) is 27.9 Å². The number of nitrogen functional groups attached to an aromatic ring is 2. The van der Waals surface area contributed by atoms with Crippen LogP contribution in [0.1, 0.15) is 43.2 Å². The SMILES string of the molecule is COC(=O)CCCCCCOc1cc(Cc2cnc(N)nc2N)cc(OC)c1OC. The van der Waals surface area contributed by atoms with Gasteiger partial charge in [0.15, 0.2) is 11.5 Å². The Morgan fingerprint density at radius 1 is 1.00 bits per heavy atom. The molecular formula is C21H30N4O5. The largest absolute Gasteiger partial charge is 0.493 e. The lowest BCUT2D eigenvalue weighted by Gasteiger charge is -2.16. The second-order valence-electron chi connectivity index (χ2n) is 6.73. The van der Waals surface area contributed by atoms with Crippen LogP contribution < -0.4 is 25.7 Å². The fourth-order valence-corrected chi connectivity index (χ4v) is 2.99. The van der Waals surface area contributed by atoms with Crippen molar-refractivity contribution in [1.29, 1.82) is 0 Å². The van der Waals surface area contributed by atoms with Crippen LogP contribution in [-0.4, -0.2) is 43.9 Å². The van der Waals surface area contributed by atoms with Crippen LogP contribution in [0.15, 0.2) is 18.3 Å². The van der Waals surface area contributed by atoms with E-state index < -0.39 is 0 Å². The molecule has 9 heteroatoms. The highest BCUT2D eigenvalue weighted by atomic mass is 16.5. The van der Waals surface area contributed by atoms with Gasteiger partial charge in [0.2, 0.25) is 11.7 Å². The van der Waals surface area contributed by atoms with Crippen LogP contribution in [-0.2, 0) is 16.0 Å². The van der Waals surface area contributed by atoms with E-state index >= 15 is 0 Å². The zero-order valence-corrected chi connectivity index (χ0v) is 17.8. The number of rotatable bonds is 12. The number of aromatic nitrogens is 2. The number of nitrogens with two attached hydrogens (primary N) is 2. The summed E-state index contributed by atoms with van der Waals surface area (Å²) < 4.78 is 21.6. The molecule has 1 aromatic carbocycles. The van der Waals surface area contributed by atoms with E-state index in [2.05, 4.69) is 14.7 Å². The number of carbonyl (C=O) groups is 1. The van der Waals surface area contributed by atoms with Crippen LogP contribution in [0.5, 0.6) is 17.2 Å². The number of methoxy groups -OCH3 is 3. The highest BCUT2D eigenvalue weighted by Gasteiger charge is 2.15. The van der Waals surface area contributed by atoms with E-state index in [1.165, 1.54) is 7.11 Å². The average Bonchev–Trinajstić information content (AvgIpc) is 2.74. The zero-order valence-electron chi connectivity index (χ0n) is 17.8. The molecule has 0 bridgehead atoms. The summed E-state index contributed by atoms with van der Waals surface area (Å²) in [7, 11) is 4.55. The predicted molar refractivity (Wildman–Crippen MR) is 114 cm³/mol. The Bertz CT molecular complexity index is 844. The highest BCUT2D eigenvalue weighted by molar-refractivity contribution is 5.68. The van der Waals surface area contributed by atoms with Gasteiger partial charge in [0.1, 0.15) is 5.82 Å². The Morgan fingerprint density at radius 2 is 1.73 bits per heavy atom. The van der Waals surface area contributed by atoms with Crippen LogP contribution in [0.25, 0.3) is 0 Å². The molecule has 1 aromatic heterocycles. The van der Waals surface area contributed by atoms with Gasteiger partial charge in [-0.15, -0.1) is 0 Å². The maximum atomic E-state index is 11.1. The van der Waals surface area contributed by atoms with E-state index in [9.17, 15) is 4.79 Å². The molecule has 0 unspecified atom stereocenters. The Labute approximate surface area is 176 Å². The van der Waals surface area contributed by atoms with Crippen molar-refractivity contribution in [2.75, 3.05) is 39.4 Å². The molecule has 0 aliphatic rings. The van der Waals surface area contributed by atoms with Gasteiger partial charge in [-0.3, -0.25) is 4.79 Å². The van der Waals surface area contributed by atoms with Crippen molar-refractivity contribution in [1.82, 2.24) is 9.97 Å². The van der Waals surface area contributed by atoms with Gasteiger partial charge in [-0.1, -0.05) is 12.8 Å². The molecule has 4 N–H and O–H groups in total. The van der Waals surface area contributed by atoms with Gasteiger partial charge in [0.25, 0.3) is 0 Å². The summed E-state index contributed by atoms with van der Waals surface area (Å²) in [5, 5.41) is 0. The molecule has 9 nitrogen and oxygen atoms in total. The van der Waals surface area contributed by atoms with Gasteiger partial charge in [-0.05, 0) is 30.5 Å². The van der Waals surface area contributed by atoms with Gasteiger partial charge in [-0.2, -0.15) is 4.98 Å². The third-order valence-electron chi connectivity index (χ3n) is 4.58. The minimum atomic E-state index is -0.174. The van der Waals surface area contributed by atoms with Crippen molar-refractivity contribution in [3.05, 3.63) is 29.5 Å². The second kappa shape index (κ2) is 11.7. The number of anilines is 2. The smallest absolute Gasteiger partial charge is 0.305 e. The number of nitrogens with zero attached hydrogens (tertiary/aromatic N) is 2. The molecule has 0 saturated carbocycles. The van der Waals surface area contributed by atoms with Gasteiger partial charge >= 0.3 is 5.97 Å². The van der Waals surface area contributed by atoms with Crippen molar-refractivity contribution in [3.8, 4) is 17.2 Å².